The molecule has 0 fully saturated rings. The van der Waals surface area contributed by atoms with Crippen molar-refractivity contribution in [1.82, 2.24) is 15.0 Å². The fraction of sp³-hybridized carbons (Fsp3) is 0.385. The summed E-state index contributed by atoms with van der Waals surface area (Å²) in [6.07, 6.45) is 0. The average Bonchev–Trinajstić information content (AvgIpc) is 2.70. The normalized spacial score (nSPS) is 11.6. The van der Waals surface area contributed by atoms with Crippen LogP contribution in [0.4, 0.5) is 10.2 Å². The maximum Gasteiger partial charge on any atom is 0.170 e. The first-order valence-electron chi connectivity index (χ1n) is 5.90. The van der Waals surface area contributed by atoms with Gasteiger partial charge in [0.25, 0.3) is 0 Å². The van der Waals surface area contributed by atoms with Crippen molar-refractivity contribution in [2.24, 2.45) is 0 Å². The summed E-state index contributed by atoms with van der Waals surface area (Å²) in [5.41, 5.74) is 6.91. The predicted molar refractivity (Wildman–Crippen MR) is 71.0 cm³/mol. The molecule has 0 atom stereocenters. The Kier molecular flexibility index (Phi) is 3.18. The van der Waals surface area contributed by atoms with Gasteiger partial charge in [0.1, 0.15) is 0 Å². The molecule has 0 bridgehead atoms. The van der Waals surface area contributed by atoms with Gasteiger partial charge < -0.3 is 10.5 Å². The average molecular weight is 264 g/mol. The lowest BCUT2D eigenvalue weighted by molar-refractivity contribution is 0.386. The van der Waals surface area contributed by atoms with Crippen LogP contribution >= 0.6 is 0 Å². The Balaban J connectivity index is 2.57. The second kappa shape index (κ2) is 4.53. The Morgan fingerprint density at radius 1 is 1.32 bits per heavy atom. The molecule has 0 amide bonds. The van der Waals surface area contributed by atoms with E-state index >= 15 is 0 Å². The van der Waals surface area contributed by atoms with Crippen LogP contribution in [0.1, 0.15) is 26.5 Å². The van der Waals surface area contributed by atoms with E-state index in [0.717, 1.165) is 5.69 Å². The van der Waals surface area contributed by atoms with Crippen molar-refractivity contribution >= 4 is 5.82 Å². The smallest absolute Gasteiger partial charge is 0.170 e. The maximum absolute atomic E-state index is 13.8. The maximum atomic E-state index is 13.8. The monoisotopic (exact) mass is 264 g/mol. The zero-order valence-corrected chi connectivity index (χ0v) is 11.4. The van der Waals surface area contributed by atoms with Gasteiger partial charge in [0.15, 0.2) is 17.4 Å². The van der Waals surface area contributed by atoms with Gasteiger partial charge >= 0.3 is 0 Å². The highest BCUT2D eigenvalue weighted by atomic mass is 19.1. The number of aromatic nitrogens is 3. The number of nitrogens with zero attached hydrogens (tertiary/aromatic N) is 3. The lowest BCUT2D eigenvalue weighted by Crippen LogP contribution is -2.19. The first-order valence-corrected chi connectivity index (χ1v) is 5.90. The summed E-state index contributed by atoms with van der Waals surface area (Å²) in [5, 5.41) is 7.85. The van der Waals surface area contributed by atoms with E-state index in [1.165, 1.54) is 13.2 Å². The number of ether oxygens (including phenoxy) is 1. The summed E-state index contributed by atoms with van der Waals surface area (Å²) in [4.78, 5) is 0. The van der Waals surface area contributed by atoms with Crippen LogP contribution in [0.25, 0.3) is 5.69 Å². The highest BCUT2D eigenvalue weighted by Crippen LogP contribution is 2.29. The fourth-order valence-corrected chi connectivity index (χ4v) is 1.96. The third-order valence-electron chi connectivity index (χ3n) is 2.79. The Morgan fingerprint density at radius 2 is 2.00 bits per heavy atom. The number of nitrogens with two attached hydrogens (primary N) is 1. The van der Waals surface area contributed by atoms with Gasteiger partial charge in [0, 0.05) is 11.5 Å². The van der Waals surface area contributed by atoms with E-state index in [-0.39, 0.29) is 11.2 Å². The Morgan fingerprint density at radius 3 is 2.53 bits per heavy atom. The van der Waals surface area contributed by atoms with E-state index in [2.05, 4.69) is 10.3 Å². The molecule has 0 aliphatic rings. The minimum absolute atomic E-state index is 0.189. The minimum Gasteiger partial charge on any atom is -0.494 e. The van der Waals surface area contributed by atoms with Crippen LogP contribution in [0.15, 0.2) is 18.2 Å². The molecular weight excluding hydrogens is 247 g/mol. The summed E-state index contributed by atoms with van der Waals surface area (Å²) >= 11 is 0. The second-order valence-electron chi connectivity index (χ2n) is 5.30. The van der Waals surface area contributed by atoms with Gasteiger partial charge in [0.05, 0.1) is 18.5 Å². The molecule has 5 nitrogen and oxygen atoms in total. The van der Waals surface area contributed by atoms with Crippen molar-refractivity contribution in [2.75, 3.05) is 12.8 Å². The van der Waals surface area contributed by atoms with Crippen molar-refractivity contribution in [3.8, 4) is 11.4 Å². The van der Waals surface area contributed by atoms with Crippen LogP contribution in [0.2, 0.25) is 0 Å². The molecule has 2 N–H and O–H groups in total. The van der Waals surface area contributed by atoms with Gasteiger partial charge in [-0.1, -0.05) is 26.0 Å². The predicted octanol–water partition coefficient (Wildman–Crippen LogP) is 2.29. The Bertz CT molecular complexity index is 601. The topological polar surface area (TPSA) is 66.0 Å². The number of halogens is 1. The van der Waals surface area contributed by atoms with Crippen molar-refractivity contribution in [3.63, 3.8) is 0 Å². The number of anilines is 1. The van der Waals surface area contributed by atoms with Gasteiger partial charge in [-0.15, -0.1) is 5.10 Å². The number of benzene rings is 1. The van der Waals surface area contributed by atoms with Crippen LogP contribution in [-0.2, 0) is 5.41 Å². The zero-order valence-electron chi connectivity index (χ0n) is 11.4. The number of hydrogen-bond acceptors (Lipinski definition) is 4. The third-order valence-corrected chi connectivity index (χ3v) is 2.79. The third kappa shape index (κ3) is 2.38. The molecular formula is C13H17FN4O. The van der Waals surface area contributed by atoms with E-state index in [0.29, 0.717) is 11.5 Å². The van der Waals surface area contributed by atoms with Crippen molar-refractivity contribution in [2.45, 2.75) is 26.2 Å². The van der Waals surface area contributed by atoms with Crippen LogP contribution in [0, 0.1) is 5.82 Å². The summed E-state index contributed by atoms with van der Waals surface area (Å²) < 4.78 is 20.2. The summed E-state index contributed by atoms with van der Waals surface area (Å²) in [6, 6.07) is 4.61. The number of hydrogen-bond donors (Lipinski definition) is 1. The van der Waals surface area contributed by atoms with Crippen LogP contribution < -0.4 is 10.5 Å². The van der Waals surface area contributed by atoms with E-state index in [1.54, 1.807) is 16.8 Å². The first kappa shape index (κ1) is 13.3. The van der Waals surface area contributed by atoms with Gasteiger partial charge in [0.2, 0.25) is 0 Å². The molecule has 0 unspecified atom stereocenters. The van der Waals surface area contributed by atoms with Gasteiger partial charge in [-0.2, -0.15) is 0 Å². The molecule has 1 heterocycles. The largest absolute Gasteiger partial charge is 0.494 e. The van der Waals surface area contributed by atoms with Gasteiger partial charge in [-0.3, -0.25) is 0 Å². The Labute approximate surface area is 111 Å². The highest BCUT2D eigenvalue weighted by molar-refractivity contribution is 5.46. The quantitative estimate of drug-likeness (QED) is 0.903. The highest BCUT2D eigenvalue weighted by Gasteiger charge is 2.25. The standard InChI is InChI=1S/C13H17FN4O/c1-13(2,3)11-12(15)16-17-18(11)8-5-6-10(19-4)9(14)7-8/h5-7H,15H2,1-4H3. The number of methoxy groups -OCH3 is 1. The van der Waals surface area contributed by atoms with Crippen molar-refractivity contribution in [1.29, 1.82) is 0 Å². The van der Waals surface area contributed by atoms with E-state index < -0.39 is 5.82 Å². The molecule has 0 saturated carbocycles. The molecule has 0 saturated heterocycles. The molecule has 2 aromatic rings. The van der Waals surface area contributed by atoms with Crippen LogP contribution in [0.5, 0.6) is 5.75 Å². The van der Waals surface area contributed by atoms with E-state index in [9.17, 15) is 4.39 Å². The number of rotatable bonds is 2. The molecule has 1 aromatic carbocycles. The molecule has 0 aliphatic heterocycles. The van der Waals surface area contributed by atoms with Crippen LogP contribution in [0.3, 0.4) is 0 Å². The van der Waals surface area contributed by atoms with E-state index in [1.807, 2.05) is 20.8 Å². The number of nitrogen functional groups attached to an aromatic ring is 1. The van der Waals surface area contributed by atoms with Gasteiger partial charge in [-0.25, -0.2) is 9.07 Å². The molecule has 19 heavy (non-hydrogen) atoms. The molecule has 0 aliphatic carbocycles. The van der Waals surface area contributed by atoms with Crippen molar-refractivity contribution < 1.29 is 9.13 Å². The van der Waals surface area contributed by atoms with Crippen molar-refractivity contribution in [3.05, 3.63) is 29.7 Å². The summed E-state index contributed by atoms with van der Waals surface area (Å²) in [6.45, 7) is 6.00. The molecule has 1 aromatic heterocycles. The molecule has 102 valence electrons. The zero-order chi connectivity index (χ0) is 14.2. The second-order valence-corrected chi connectivity index (χ2v) is 5.30. The molecule has 2 rings (SSSR count). The SMILES string of the molecule is COc1ccc(-n2nnc(N)c2C(C)(C)C)cc1F. The van der Waals surface area contributed by atoms with Gasteiger partial charge in [-0.05, 0) is 12.1 Å². The lowest BCUT2D eigenvalue weighted by atomic mass is 9.91. The fourth-order valence-electron chi connectivity index (χ4n) is 1.96. The molecule has 6 heteroatoms. The first-order chi connectivity index (χ1) is 8.84. The van der Waals surface area contributed by atoms with E-state index in [4.69, 9.17) is 10.5 Å². The molecule has 0 radical (unpaired) electrons. The van der Waals surface area contributed by atoms with Crippen LogP contribution in [-0.4, -0.2) is 22.1 Å². The Hall–Kier alpha value is -2.11. The minimum atomic E-state index is -0.450. The summed E-state index contributed by atoms with van der Waals surface area (Å²) in [7, 11) is 1.42. The lowest BCUT2D eigenvalue weighted by Gasteiger charge is -2.20. The summed E-state index contributed by atoms with van der Waals surface area (Å²) in [5.74, 6) is 0.0896. The molecule has 0 spiro atoms.